The van der Waals surface area contributed by atoms with Gasteiger partial charge in [0.2, 0.25) is 0 Å². The monoisotopic (exact) mass is 393 g/mol. The molecule has 3 heterocycles. The number of nitrogens with zero attached hydrogens (tertiary/aromatic N) is 4. The van der Waals surface area contributed by atoms with E-state index in [2.05, 4.69) is 44.1 Å². The Kier molecular flexibility index (Phi) is 5.06. The van der Waals surface area contributed by atoms with E-state index in [1.807, 2.05) is 0 Å². The van der Waals surface area contributed by atoms with E-state index in [0.29, 0.717) is 30.3 Å². The first-order chi connectivity index (χ1) is 14.2. The minimum Gasteiger partial charge on any atom is -0.463 e. The summed E-state index contributed by atoms with van der Waals surface area (Å²) in [5, 5.41) is 0. The van der Waals surface area contributed by atoms with Crippen molar-refractivity contribution in [2.24, 2.45) is 5.92 Å². The van der Waals surface area contributed by atoms with E-state index in [1.54, 1.807) is 10.8 Å². The van der Waals surface area contributed by atoms with E-state index in [1.165, 1.54) is 44.3 Å². The van der Waals surface area contributed by atoms with Crippen molar-refractivity contribution in [2.45, 2.75) is 45.2 Å². The second-order valence-corrected chi connectivity index (χ2v) is 8.29. The highest BCUT2D eigenvalue weighted by molar-refractivity contribution is 5.69. The van der Waals surface area contributed by atoms with Crippen LogP contribution in [-0.4, -0.2) is 44.1 Å². The van der Waals surface area contributed by atoms with Gasteiger partial charge in [0.25, 0.3) is 0 Å². The Labute approximate surface area is 169 Å². The van der Waals surface area contributed by atoms with Gasteiger partial charge >= 0.3 is 11.7 Å². The third-order valence-electron chi connectivity index (χ3n) is 5.88. The predicted octanol–water partition coefficient (Wildman–Crippen LogP) is 2.94. The van der Waals surface area contributed by atoms with E-state index in [9.17, 15) is 4.79 Å². The molecule has 7 heteroatoms. The van der Waals surface area contributed by atoms with Gasteiger partial charge in [-0.15, -0.1) is 0 Å². The lowest BCUT2D eigenvalue weighted by Crippen LogP contribution is -2.19. The fraction of sp³-hybridized carbons (Fsp3) is 0.500. The van der Waals surface area contributed by atoms with Gasteiger partial charge < -0.3 is 9.72 Å². The van der Waals surface area contributed by atoms with E-state index in [0.717, 1.165) is 24.4 Å². The van der Waals surface area contributed by atoms with Crippen molar-refractivity contribution in [3.05, 3.63) is 52.1 Å². The van der Waals surface area contributed by atoms with E-state index in [-0.39, 0.29) is 5.69 Å². The maximum absolute atomic E-state index is 12.5. The van der Waals surface area contributed by atoms with Crippen molar-refractivity contribution >= 4 is 11.2 Å². The normalized spacial score (nSPS) is 17.2. The van der Waals surface area contributed by atoms with Crippen LogP contribution in [0, 0.1) is 5.92 Å². The standard InChI is InChI=1S/C22H27N5O2/c28-22-24-19-13-23-21(29-11-8-16-6-7-16)25-20(19)27(22)15-18-5-3-4-17(12-18)14-26-9-1-2-10-26/h3-5,12-13,16H,1-2,6-11,14-15H2,(H,24,28). The van der Waals surface area contributed by atoms with Crippen molar-refractivity contribution < 1.29 is 4.74 Å². The first-order valence-corrected chi connectivity index (χ1v) is 10.6. The number of nitrogens with one attached hydrogen (secondary N) is 1. The van der Waals surface area contributed by atoms with Gasteiger partial charge in [-0.05, 0) is 49.4 Å². The molecule has 2 aromatic heterocycles. The molecule has 1 saturated heterocycles. The summed E-state index contributed by atoms with van der Waals surface area (Å²) >= 11 is 0. The summed E-state index contributed by atoms with van der Waals surface area (Å²) in [4.78, 5) is 26.6. The Hall–Kier alpha value is -2.67. The average molecular weight is 393 g/mol. The molecule has 1 aromatic carbocycles. The maximum Gasteiger partial charge on any atom is 0.328 e. The molecule has 5 rings (SSSR count). The summed E-state index contributed by atoms with van der Waals surface area (Å²) in [5.41, 5.74) is 3.44. The molecule has 2 fully saturated rings. The molecule has 3 aromatic rings. The molecule has 2 aliphatic rings. The smallest absolute Gasteiger partial charge is 0.328 e. The van der Waals surface area contributed by atoms with Crippen LogP contribution in [0.15, 0.2) is 35.3 Å². The molecule has 1 aliphatic heterocycles. The highest BCUT2D eigenvalue weighted by Crippen LogP contribution is 2.32. The van der Waals surface area contributed by atoms with Crippen LogP contribution < -0.4 is 10.4 Å². The quantitative estimate of drug-likeness (QED) is 0.637. The molecule has 7 nitrogen and oxygen atoms in total. The van der Waals surface area contributed by atoms with Crippen molar-refractivity contribution in [3.8, 4) is 6.01 Å². The number of rotatable bonds is 8. The zero-order valence-corrected chi connectivity index (χ0v) is 16.6. The lowest BCUT2D eigenvalue weighted by atomic mass is 10.1. The second-order valence-electron chi connectivity index (χ2n) is 8.29. The molecular weight excluding hydrogens is 366 g/mol. The molecule has 0 spiro atoms. The highest BCUT2D eigenvalue weighted by atomic mass is 16.5. The van der Waals surface area contributed by atoms with Gasteiger partial charge in [0.05, 0.1) is 19.3 Å². The number of H-pyrrole nitrogens is 1. The van der Waals surface area contributed by atoms with Crippen molar-refractivity contribution in [3.63, 3.8) is 0 Å². The van der Waals surface area contributed by atoms with Gasteiger partial charge in [-0.1, -0.05) is 37.1 Å². The molecule has 1 saturated carbocycles. The van der Waals surface area contributed by atoms with Crippen LogP contribution in [0.3, 0.4) is 0 Å². The molecule has 0 amide bonds. The van der Waals surface area contributed by atoms with Crippen LogP contribution in [0.4, 0.5) is 0 Å². The molecule has 29 heavy (non-hydrogen) atoms. The van der Waals surface area contributed by atoms with Crippen LogP contribution in [0.2, 0.25) is 0 Å². The largest absolute Gasteiger partial charge is 0.463 e. The lowest BCUT2D eigenvalue weighted by molar-refractivity contribution is 0.280. The van der Waals surface area contributed by atoms with E-state index in [4.69, 9.17) is 4.74 Å². The Morgan fingerprint density at radius 3 is 2.72 bits per heavy atom. The van der Waals surface area contributed by atoms with Gasteiger partial charge in [0.15, 0.2) is 5.65 Å². The van der Waals surface area contributed by atoms with Crippen molar-refractivity contribution in [2.75, 3.05) is 19.7 Å². The van der Waals surface area contributed by atoms with Gasteiger partial charge in [0.1, 0.15) is 5.52 Å². The summed E-state index contributed by atoms with van der Waals surface area (Å²) in [6.07, 6.45) is 7.86. The number of aromatic nitrogens is 4. The minimum absolute atomic E-state index is 0.172. The first-order valence-electron chi connectivity index (χ1n) is 10.6. The number of hydrogen-bond donors (Lipinski definition) is 1. The van der Waals surface area contributed by atoms with Crippen LogP contribution in [0.1, 0.15) is 43.2 Å². The third kappa shape index (κ3) is 4.34. The fourth-order valence-corrected chi connectivity index (χ4v) is 4.08. The Bertz CT molecular complexity index is 1050. The maximum atomic E-state index is 12.5. The zero-order valence-electron chi connectivity index (χ0n) is 16.6. The molecule has 0 bridgehead atoms. The Balaban J connectivity index is 1.34. The molecule has 1 N–H and O–H groups in total. The van der Waals surface area contributed by atoms with Crippen molar-refractivity contribution in [1.29, 1.82) is 0 Å². The molecule has 1 aliphatic carbocycles. The Morgan fingerprint density at radius 1 is 1.14 bits per heavy atom. The number of ether oxygens (including phenoxy) is 1. The fourth-order valence-electron chi connectivity index (χ4n) is 4.08. The van der Waals surface area contributed by atoms with Gasteiger partial charge in [-0.2, -0.15) is 4.98 Å². The molecule has 0 radical (unpaired) electrons. The molecular formula is C22H27N5O2. The van der Waals surface area contributed by atoms with Crippen LogP contribution in [0.25, 0.3) is 11.2 Å². The summed E-state index contributed by atoms with van der Waals surface area (Å²) < 4.78 is 7.38. The number of benzene rings is 1. The number of likely N-dealkylation sites (tertiary alicyclic amines) is 1. The summed E-state index contributed by atoms with van der Waals surface area (Å²) in [6.45, 7) is 4.42. The second kappa shape index (κ2) is 7.99. The molecule has 0 atom stereocenters. The predicted molar refractivity (Wildman–Crippen MR) is 111 cm³/mol. The third-order valence-corrected chi connectivity index (χ3v) is 5.88. The SMILES string of the molecule is O=c1[nH]c2cnc(OCCC3CC3)nc2n1Cc1cccc(CN2CCCC2)c1. The first kappa shape index (κ1) is 18.4. The average Bonchev–Trinajstić information content (AvgIpc) is 3.31. The Morgan fingerprint density at radius 2 is 1.93 bits per heavy atom. The van der Waals surface area contributed by atoms with Gasteiger partial charge in [0, 0.05) is 6.54 Å². The number of imidazole rings is 1. The number of fused-ring (bicyclic) bond motifs is 1. The minimum atomic E-state index is -0.172. The summed E-state index contributed by atoms with van der Waals surface area (Å²) in [7, 11) is 0. The topological polar surface area (TPSA) is 76.0 Å². The zero-order chi connectivity index (χ0) is 19.6. The summed E-state index contributed by atoms with van der Waals surface area (Å²) in [5.74, 6) is 0.803. The number of aromatic amines is 1. The number of hydrogen-bond acceptors (Lipinski definition) is 5. The van der Waals surface area contributed by atoms with Crippen LogP contribution in [0.5, 0.6) is 6.01 Å². The molecule has 152 valence electrons. The van der Waals surface area contributed by atoms with Gasteiger partial charge in [-0.3, -0.25) is 9.47 Å². The lowest BCUT2D eigenvalue weighted by Gasteiger charge is -2.15. The molecule has 0 unspecified atom stereocenters. The van der Waals surface area contributed by atoms with Crippen molar-refractivity contribution in [1.82, 2.24) is 24.4 Å². The van der Waals surface area contributed by atoms with Crippen LogP contribution in [-0.2, 0) is 13.1 Å². The van der Waals surface area contributed by atoms with E-state index < -0.39 is 0 Å². The van der Waals surface area contributed by atoms with Gasteiger partial charge in [-0.25, -0.2) is 9.78 Å². The highest BCUT2D eigenvalue weighted by Gasteiger charge is 2.21. The van der Waals surface area contributed by atoms with E-state index >= 15 is 0 Å². The van der Waals surface area contributed by atoms with Crippen LogP contribution >= 0.6 is 0 Å². The summed E-state index contributed by atoms with van der Waals surface area (Å²) in [6, 6.07) is 8.83.